The van der Waals surface area contributed by atoms with Gasteiger partial charge in [0.15, 0.2) is 0 Å². The molecule has 18 heavy (non-hydrogen) atoms. The minimum Gasteiger partial charge on any atom is -0.390 e. The van der Waals surface area contributed by atoms with Crippen molar-refractivity contribution in [3.63, 3.8) is 0 Å². The monoisotopic (exact) mass is 253 g/mol. The van der Waals surface area contributed by atoms with E-state index in [4.69, 9.17) is 0 Å². The van der Waals surface area contributed by atoms with Crippen molar-refractivity contribution in [1.82, 2.24) is 5.32 Å². The number of piperidine rings is 1. The molecule has 106 valence electrons. The molecule has 0 aromatic heterocycles. The van der Waals surface area contributed by atoms with Crippen LogP contribution in [0, 0.1) is 17.8 Å². The van der Waals surface area contributed by atoms with Crippen LogP contribution >= 0.6 is 0 Å². The molecule has 1 aliphatic carbocycles. The molecule has 1 saturated carbocycles. The Hall–Kier alpha value is -0.0800. The Labute approximate surface area is 113 Å². The average Bonchev–Trinajstić information content (AvgIpc) is 2.33. The van der Waals surface area contributed by atoms with Crippen molar-refractivity contribution in [2.75, 3.05) is 6.54 Å². The van der Waals surface area contributed by atoms with E-state index in [0.29, 0.717) is 12.0 Å². The molecule has 2 heteroatoms. The summed E-state index contributed by atoms with van der Waals surface area (Å²) in [5.74, 6) is 2.12. The van der Waals surface area contributed by atoms with Gasteiger partial charge in [-0.25, -0.2) is 0 Å². The summed E-state index contributed by atoms with van der Waals surface area (Å²) in [6.45, 7) is 7.93. The van der Waals surface area contributed by atoms with Gasteiger partial charge in [-0.2, -0.15) is 0 Å². The van der Waals surface area contributed by atoms with Crippen LogP contribution in [0.25, 0.3) is 0 Å². The maximum absolute atomic E-state index is 10.9. The van der Waals surface area contributed by atoms with Crippen LogP contribution < -0.4 is 5.32 Å². The van der Waals surface area contributed by atoms with Gasteiger partial charge in [-0.1, -0.05) is 26.7 Å². The number of rotatable bonds is 3. The van der Waals surface area contributed by atoms with E-state index >= 15 is 0 Å². The Kier molecular flexibility index (Phi) is 4.71. The van der Waals surface area contributed by atoms with Gasteiger partial charge < -0.3 is 10.4 Å². The summed E-state index contributed by atoms with van der Waals surface area (Å²) < 4.78 is 0. The Balaban J connectivity index is 1.88. The van der Waals surface area contributed by atoms with Crippen molar-refractivity contribution in [2.24, 2.45) is 17.8 Å². The molecule has 0 aromatic carbocycles. The molecule has 2 nitrogen and oxygen atoms in total. The molecule has 1 saturated heterocycles. The van der Waals surface area contributed by atoms with E-state index in [0.717, 1.165) is 24.8 Å². The quantitative estimate of drug-likeness (QED) is 0.808. The van der Waals surface area contributed by atoms with E-state index in [1.54, 1.807) is 0 Å². The second kappa shape index (κ2) is 5.92. The molecular formula is C16H31NO. The Bertz CT molecular complexity index is 258. The fraction of sp³-hybridized carbons (Fsp3) is 1.00. The lowest BCUT2D eigenvalue weighted by Crippen LogP contribution is -2.46. The Morgan fingerprint density at radius 1 is 1.11 bits per heavy atom. The molecule has 2 rings (SSSR count). The number of hydrogen-bond donors (Lipinski definition) is 2. The van der Waals surface area contributed by atoms with Gasteiger partial charge in [0, 0.05) is 6.04 Å². The first kappa shape index (κ1) is 14.3. The highest BCUT2D eigenvalue weighted by Crippen LogP contribution is 2.40. The first-order valence-corrected chi connectivity index (χ1v) is 7.95. The Morgan fingerprint density at radius 2 is 1.89 bits per heavy atom. The van der Waals surface area contributed by atoms with Gasteiger partial charge in [0.05, 0.1) is 5.60 Å². The zero-order valence-corrected chi connectivity index (χ0v) is 12.4. The van der Waals surface area contributed by atoms with E-state index in [9.17, 15) is 5.11 Å². The average molecular weight is 253 g/mol. The molecule has 2 N–H and O–H groups in total. The maximum atomic E-state index is 10.9. The van der Waals surface area contributed by atoms with Crippen LogP contribution in [-0.4, -0.2) is 23.3 Å². The molecule has 1 aliphatic heterocycles. The second-order valence-corrected chi connectivity index (χ2v) is 7.17. The van der Waals surface area contributed by atoms with Crippen LogP contribution in [0.1, 0.15) is 65.7 Å². The molecule has 5 atom stereocenters. The maximum Gasteiger partial charge on any atom is 0.0662 e. The summed E-state index contributed by atoms with van der Waals surface area (Å²) >= 11 is 0. The predicted molar refractivity (Wildman–Crippen MR) is 76.6 cm³/mol. The van der Waals surface area contributed by atoms with E-state index in [-0.39, 0.29) is 0 Å². The fourth-order valence-electron chi connectivity index (χ4n) is 3.88. The second-order valence-electron chi connectivity index (χ2n) is 7.17. The molecule has 0 aromatic rings. The smallest absolute Gasteiger partial charge is 0.0662 e. The Morgan fingerprint density at radius 3 is 2.50 bits per heavy atom. The standard InChI is InChI=1S/C16H31NO/c1-12-7-8-14(10-13(12)2)16(3,18)11-15-6-4-5-9-17-15/h12-15,17-18H,4-11H2,1-3H3. The van der Waals surface area contributed by atoms with Crippen LogP contribution in [0.5, 0.6) is 0 Å². The highest BCUT2D eigenvalue weighted by atomic mass is 16.3. The zero-order chi connectivity index (χ0) is 13.2. The van der Waals surface area contributed by atoms with E-state index < -0.39 is 5.60 Å². The summed E-state index contributed by atoms with van der Waals surface area (Å²) in [5, 5.41) is 14.4. The van der Waals surface area contributed by atoms with Crippen molar-refractivity contribution in [2.45, 2.75) is 77.4 Å². The van der Waals surface area contributed by atoms with Gasteiger partial charge in [0.1, 0.15) is 0 Å². The topological polar surface area (TPSA) is 32.3 Å². The molecule has 0 bridgehead atoms. The van der Waals surface area contributed by atoms with Crippen LogP contribution in [0.2, 0.25) is 0 Å². The van der Waals surface area contributed by atoms with Gasteiger partial charge in [-0.15, -0.1) is 0 Å². The number of aliphatic hydroxyl groups is 1. The molecule has 2 aliphatic rings. The van der Waals surface area contributed by atoms with Crippen LogP contribution in [-0.2, 0) is 0 Å². The van der Waals surface area contributed by atoms with Gasteiger partial charge >= 0.3 is 0 Å². The van der Waals surface area contributed by atoms with E-state index in [1.165, 1.54) is 38.5 Å². The first-order valence-electron chi connectivity index (χ1n) is 7.95. The molecule has 0 spiro atoms. The van der Waals surface area contributed by atoms with Crippen molar-refractivity contribution in [3.05, 3.63) is 0 Å². The van der Waals surface area contributed by atoms with Crippen molar-refractivity contribution < 1.29 is 5.11 Å². The van der Waals surface area contributed by atoms with Crippen molar-refractivity contribution >= 4 is 0 Å². The molecule has 0 amide bonds. The summed E-state index contributed by atoms with van der Waals surface area (Å²) in [7, 11) is 0. The van der Waals surface area contributed by atoms with Gasteiger partial charge in [0.2, 0.25) is 0 Å². The summed E-state index contributed by atoms with van der Waals surface area (Å²) in [5.41, 5.74) is -0.469. The third kappa shape index (κ3) is 3.48. The van der Waals surface area contributed by atoms with Crippen LogP contribution in [0.15, 0.2) is 0 Å². The lowest BCUT2D eigenvalue weighted by molar-refractivity contribution is -0.0464. The van der Waals surface area contributed by atoms with Gasteiger partial charge in [-0.05, 0) is 63.3 Å². The molecule has 0 radical (unpaired) electrons. The normalized spacial score (nSPS) is 41.3. The zero-order valence-electron chi connectivity index (χ0n) is 12.4. The SMILES string of the molecule is CC1CCC(C(C)(O)CC2CCCCN2)CC1C. The lowest BCUT2D eigenvalue weighted by atomic mass is 9.68. The summed E-state index contributed by atoms with van der Waals surface area (Å²) in [6, 6.07) is 0.545. The molecular weight excluding hydrogens is 222 g/mol. The molecule has 1 heterocycles. The van der Waals surface area contributed by atoms with Gasteiger partial charge in [-0.3, -0.25) is 0 Å². The summed E-state index contributed by atoms with van der Waals surface area (Å²) in [6.07, 6.45) is 8.53. The fourth-order valence-corrected chi connectivity index (χ4v) is 3.88. The molecule has 2 fully saturated rings. The lowest BCUT2D eigenvalue weighted by Gasteiger charge is -2.42. The highest BCUT2D eigenvalue weighted by Gasteiger charge is 2.38. The largest absolute Gasteiger partial charge is 0.390 e. The first-order chi connectivity index (χ1) is 8.49. The van der Waals surface area contributed by atoms with Crippen molar-refractivity contribution in [1.29, 1.82) is 0 Å². The van der Waals surface area contributed by atoms with Crippen molar-refractivity contribution in [3.8, 4) is 0 Å². The minimum absolute atomic E-state index is 0.469. The highest BCUT2D eigenvalue weighted by molar-refractivity contribution is 4.91. The predicted octanol–water partition coefficient (Wildman–Crippen LogP) is 3.34. The van der Waals surface area contributed by atoms with Gasteiger partial charge in [0.25, 0.3) is 0 Å². The number of nitrogens with one attached hydrogen (secondary N) is 1. The summed E-state index contributed by atoms with van der Waals surface area (Å²) in [4.78, 5) is 0. The van der Waals surface area contributed by atoms with E-state index in [1.807, 2.05) is 0 Å². The number of hydrogen-bond acceptors (Lipinski definition) is 2. The third-order valence-corrected chi connectivity index (χ3v) is 5.55. The van der Waals surface area contributed by atoms with Crippen LogP contribution in [0.3, 0.4) is 0 Å². The van der Waals surface area contributed by atoms with Crippen LogP contribution in [0.4, 0.5) is 0 Å². The third-order valence-electron chi connectivity index (χ3n) is 5.55. The minimum atomic E-state index is -0.469. The van der Waals surface area contributed by atoms with E-state index in [2.05, 4.69) is 26.1 Å². The molecule has 5 unspecified atom stereocenters.